The van der Waals surface area contributed by atoms with E-state index in [9.17, 15) is 4.79 Å². The van der Waals surface area contributed by atoms with Gasteiger partial charge in [-0.3, -0.25) is 9.78 Å². The highest BCUT2D eigenvalue weighted by molar-refractivity contribution is 5.96. The van der Waals surface area contributed by atoms with Crippen LogP contribution in [-0.4, -0.2) is 21.8 Å². The van der Waals surface area contributed by atoms with Crippen LogP contribution >= 0.6 is 0 Å². The van der Waals surface area contributed by atoms with Crippen molar-refractivity contribution in [2.45, 2.75) is 25.4 Å². The molecule has 26 heavy (non-hydrogen) atoms. The molecular weight excluding hydrogens is 324 g/mol. The molecule has 2 aromatic heterocycles. The minimum absolute atomic E-state index is 0.0446. The Morgan fingerprint density at radius 2 is 1.81 bits per heavy atom. The van der Waals surface area contributed by atoms with Gasteiger partial charge in [0.1, 0.15) is 5.58 Å². The van der Waals surface area contributed by atoms with Crippen LogP contribution in [0.5, 0.6) is 0 Å². The number of para-hydroxylation sites is 2. The molecule has 1 amide bonds. The second-order valence-electron chi connectivity index (χ2n) is 6.85. The highest BCUT2D eigenvalue weighted by Crippen LogP contribution is 2.31. The van der Waals surface area contributed by atoms with Gasteiger partial charge < -0.3 is 9.32 Å². The van der Waals surface area contributed by atoms with E-state index in [1.165, 1.54) is 0 Å². The minimum atomic E-state index is -0.0446. The number of benzene rings is 2. The van der Waals surface area contributed by atoms with Gasteiger partial charge in [-0.25, -0.2) is 0 Å². The maximum Gasteiger partial charge on any atom is 0.290 e. The predicted molar refractivity (Wildman–Crippen MR) is 101 cm³/mol. The number of fused-ring (bicyclic) bond motifs is 2. The van der Waals surface area contributed by atoms with Crippen LogP contribution in [0.15, 0.2) is 71.3 Å². The molecule has 0 bridgehead atoms. The average molecular weight is 342 g/mol. The summed E-state index contributed by atoms with van der Waals surface area (Å²) in [4.78, 5) is 19.5. The molecular formula is C22H18N2O2. The highest BCUT2D eigenvalue weighted by Gasteiger charge is 2.34. The lowest BCUT2D eigenvalue weighted by atomic mass is 10.1. The monoisotopic (exact) mass is 342 g/mol. The quantitative estimate of drug-likeness (QED) is 0.536. The number of furan rings is 1. The van der Waals surface area contributed by atoms with Gasteiger partial charge in [0.25, 0.3) is 5.91 Å². The van der Waals surface area contributed by atoms with Gasteiger partial charge in [0.05, 0.1) is 5.52 Å². The lowest BCUT2D eigenvalue weighted by Crippen LogP contribution is -2.32. The number of carbonyl (C=O) groups is 1. The number of rotatable bonds is 4. The van der Waals surface area contributed by atoms with Gasteiger partial charge in [0.15, 0.2) is 5.76 Å². The van der Waals surface area contributed by atoms with E-state index in [2.05, 4.69) is 11.1 Å². The topological polar surface area (TPSA) is 46.3 Å². The third kappa shape index (κ3) is 2.73. The molecule has 2 aromatic carbocycles. The molecule has 0 unspecified atom stereocenters. The molecule has 1 fully saturated rings. The largest absolute Gasteiger partial charge is 0.451 e. The number of nitrogens with zero attached hydrogens (tertiary/aromatic N) is 2. The fraction of sp³-hybridized carbons (Fsp3) is 0.182. The van der Waals surface area contributed by atoms with Crippen molar-refractivity contribution in [3.8, 4) is 0 Å². The summed E-state index contributed by atoms with van der Waals surface area (Å²) in [5, 5.41) is 2.05. The van der Waals surface area contributed by atoms with Crippen molar-refractivity contribution in [1.82, 2.24) is 9.88 Å². The summed E-state index contributed by atoms with van der Waals surface area (Å²) in [5.41, 5.74) is 2.76. The lowest BCUT2D eigenvalue weighted by molar-refractivity contribution is 0.0700. The lowest BCUT2D eigenvalue weighted by Gasteiger charge is -2.21. The zero-order chi connectivity index (χ0) is 17.5. The SMILES string of the molecule is O=C(c1cc2ccccc2o1)N(Cc1cnc2ccccc2c1)C1CC1. The predicted octanol–water partition coefficient (Wildman–Crippen LogP) is 4.79. The number of pyridine rings is 1. The maximum atomic E-state index is 13.1. The Morgan fingerprint density at radius 3 is 2.62 bits per heavy atom. The summed E-state index contributed by atoms with van der Waals surface area (Å²) in [5.74, 6) is 0.365. The molecule has 2 heterocycles. The van der Waals surface area contributed by atoms with Crippen molar-refractivity contribution in [2.24, 2.45) is 0 Å². The Bertz CT molecular complexity index is 1080. The summed E-state index contributed by atoms with van der Waals surface area (Å²) in [6, 6.07) is 20.0. The third-order valence-electron chi connectivity index (χ3n) is 4.88. The second-order valence-corrected chi connectivity index (χ2v) is 6.85. The fourth-order valence-corrected chi connectivity index (χ4v) is 3.38. The maximum absolute atomic E-state index is 13.1. The van der Waals surface area contributed by atoms with E-state index in [0.717, 1.165) is 40.3 Å². The first kappa shape index (κ1) is 15.1. The van der Waals surface area contributed by atoms with Crippen LogP contribution in [0.2, 0.25) is 0 Å². The Balaban J connectivity index is 1.46. The number of hydrogen-bond donors (Lipinski definition) is 0. The standard InChI is InChI=1S/C22H18N2O2/c25-22(21-12-17-6-2-4-8-20(17)26-21)24(18-9-10-18)14-15-11-16-5-1-3-7-19(16)23-13-15/h1-8,11-13,18H,9-10,14H2. The van der Waals surface area contributed by atoms with Gasteiger partial charge in [-0.2, -0.15) is 0 Å². The average Bonchev–Trinajstić information content (AvgIpc) is 3.43. The van der Waals surface area contributed by atoms with Crippen LogP contribution in [0.4, 0.5) is 0 Å². The molecule has 0 aliphatic heterocycles. The fourth-order valence-electron chi connectivity index (χ4n) is 3.38. The van der Waals surface area contributed by atoms with E-state index in [0.29, 0.717) is 18.3 Å². The van der Waals surface area contributed by atoms with Crippen LogP contribution < -0.4 is 0 Å². The van der Waals surface area contributed by atoms with Gasteiger partial charge >= 0.3 is 0 Å². The van der Waals surface area contributed by atoms with Crippen molar-refractivity contribution in [2.75, 3.05) is 0 Å². The third-order valence-corrected chi connectivity index (χ3v) is 4.88. The summed E-state index contributed by atoms with van der Waals surface area (Å²) in [6.45, 7) is 0.554. The molecule has 4 nitrogen and oxygen atoms in total. The zero-order valence-electron chi connectivity index (χ0n) is 14.3. The van der Waals surface area contributed by atoms with Crippen LogP contribution in [0.25, 0.3) is 21.9 Å². The van der Waals surface area contributed by atoms with Crippen LogP contribution in [-0.2, 0) is 6.54 Å². The second kappa shape index (κ2) is 5.99. The molecule has 1 aliphatic rings. The normalized spacial score (nSPS) is 14.0. The van der Waals surface area contributed by atoms with E-state index >= 15 is 0 Å². The molecule has 0 spiro atoms. The number of amides is 1. The van der Waals surface area contributed by atoms with Gasteiger partial charge in [-0.1, -0.05) is 36.4 Å². The van der Waals surface area contributed by atoms with Gasteiger partial charge in [0.2, 0.25) is 0 Å². The molecule has 4 aromatic rings. The summed E-state index contributed by atoms with van der Waals surface area (Å²) < 4.78 is 5.79. The Labute approximate surface area is 151 Å². The molecule has 1 aliphatic carbocycles. The Hall–Kier alpha value is -3.14. The molecule has 0 atom stereocenters. The van der Waals surface area contributed by atoms with Gasteiger partial charge in [0, 0.05) is 29.6 Å². The number of aromatic nitrogens is 1. The van der Waals surface area contributed by atoms with E-state index in [1.807, 2.05) is 65.7 Å². The summed E-state index contributed by atoms with van der Waals surface area (Å²) in [6.07, 6.45) is 3.96. The Morgan fingerprint density at radius 1 is 1.04 bits per heavy atom. The first-order valence-corrected chi connectivity index (χ1v) is 8.91. The molecule has 0 saturated heterocycles. The number of hydrogen-bond acceptors (Lipinski definition) is 3. The smallest absolute Gasteiger partial charge is 0.290 e. The number of carbonyl (C=O) groups excluding carboxylic acids is 1. The van der Waals surface area contributed by atoms with Crippen LogP contribution in [0.3, 0.4) is 0 Å². The van der Waals surface area contributed by atoms with Crippen molar-refractivity contribution in [1.29, 1.82) is 0 Å². The van der Waals surface area contributed by atoms with E-state index in [4.69, 9.17) is 4.42 Å². The Kier molecular flexibility index (Phi) is 3.49. The molecule has 1 saturated carbocycles. The zero-order valence-corrected chi connectivity index (χ0v) is 14.3. The summed E-state index contributed by atoms with van der Waals surface area (Å²) in [7, 11) is 0. The molecule has 0 radical (unpaired) electrons. The first-order chi connectivity index (χ1) is 12.8. The van der Waals surface area contributed by atoms with Crippen molar-refractivity contribution in [3.05, 3.63) is 78.2 Å². The minimum Gasteiger partial charge on any atom is -0.451 e. The van der Waals surface area contributed by atoms with Crippen LogP contribution in [0, 0.1) is 0 Å². The first-order valence-electron chi connectivity index (χ1n) is 8.91. The van der Waals surface area contributed by atoms with Crippen molar-refractivity contribution >= 4 is 27.8 Å². The highest BCUT2D eigenvalue weighted by atomic mass is 16.3. The molecule has 5 rings (SSSR count). The summed E-state index contributed by atoms with van der Waals surface area (Å²) >= 11 is 0. The van der Waals surface area contributed by atoms with E-state index < -0.39 is 0 Å². The molecule has 0 N–H and O–H groups in total. The van der Waals surface area contributed by atoms with E-state index in [1.54, 1.807) is 0 Å². The van der Waals surface area contributed by atoms with Crippen LogP contribution in [0.1, 0.15) is 29.0 Å². The molecule has 4 heteroatoms. The van der Waals surface area contributed by atoms with Crippen molar-refractivity contribution in [3.63, 3.8) is 0 Å². The van der Waals surface area contributed by atoms with Gasteiger partial charge in [-0.05, 0) is 42.7 Å². The van der Waals surface area contributed by atoms with E-state index in [-0.39, 0.29) is 5.91 Å². The van der Waals surface area contributed by atoms with Gasteiger partial charge in [-0.15, -0.1) is 0 Å². The van der Waals surface area contributed by atoms with Crippen molar-refractivity contribution < 1.29 is 9.21 Å². The molecule has 128 valence electrons.